The van der Waals surface area contributed by atoms with Crippen molar-refractivity contribution in [2.45, 2.75) is 13.5 Å². The molecular formula is C19H19N5O2. The molecule has 0 fully saturated rings. The average molecular weight is 349 g/mol. The lowest BCUT2D eigenvalue weighted by Gasteiger charge is -2.11. The first kappa shape index (κ1) is 17.3. The van der Waals surface area contributed by atoms with E-state index in [9.17, 15) is 4.79 Å². The van der Waals surface area contributed by atoms with Gasteiger partial charge >= 0.3 is 0 Å². The number of benzene rings is 1. The first-order valence-electron chi connectivity index (χ1n) is 8.24. The number of hydrogen-bond donors (Lipinski definition) is 2. The summed E-state index contributed by atoms with van der Waals surface area (Å²) >= 11 is 0. The highest BCUT2D eigenvalue weighted by Crippen LogP contribution is 2.24. The minimum Gasteiger partial charge on any atom is -0.492 e. The van der Waals surface area contributed by atoms with Gasteiger partial charge in [0.2, 0.25) is 5.95 Å². The predicted octanol–water partition coefficient (Wildman–Crippen LogP) is 3.13. The third kappa shape index (κ3) is 4.54. The van der Waals surface area contributed by atoms with Crippen LogP contribution in [0.5, 0.6) is 5.75 Å². The maximum atomic E-state index is 12.4. The van der Waals surface area contributed by atoms with E-state index in [1.165, 1.54) is 12.4 Å². The quantitative estimate of drug-likeness (QED) is 0.681. The van der Waals surface area contributed by atoms with Crippen molar-refractivity contribution in [3.05, 3.63) is 72.3 Å². The van der Waals surface area contributed by atoms with Crippen LogP contribution in [0.2, 0.25) is 0 Å². The minimum atomic E-state index is -0.294. The zero-order valence-corrected chi connectivity index (χ0v) is 14.3. The first-order valence-corrected chi connectivity index (χ1v) is 8.24. The summed E-state index contributed by atoms with van der Waals surface area (Å²) in [6, 6.07) is 11.1. The predicted molar refractivity (Wildman–Crippen MR) is 99.2 cm³/mol. The molecule has 0 saturated heterocycles. The molecular weight excluding hydrogens is 330 g/mol. The molecule has 0 atom stereocenters. The normalized spacial score (nSPS) is 10.2. The number of aromatic nitrogens is 3. The Morgan fingerprint density at radius 2 is 1.81 bits per heavy atom. The summed E-state index contributed by atoms with van der Waals surface area (Å²) in [7, 11) is 0. The number of nitrogens with one attached hydrogen (secondary N) is 2. The largest absolute Gasteiger partial charge is 0.492 e. The van der Waals surface area contributed by atoms with E-state index in [0.717, 1.165) is 5.56 Å². The van der Waals surface area contributed by atoms with E-state index < -0.39 is 0 Å². The van der Waals surface area contributed by atoms with E-state index in [2.05, 4.69) is 25.6 Å². The number of nitrogens with zero attached hydrogens (tertiary/aromatic N) is 3. The summed E-state index contributed by atoms with van der Waals surface area (Å²) in [5.41, 5.74) is 2.04. The Hall–Kier alpha value is -3.48. The van der Waals surface area contributed by atoms with Crippen LogP contribution in [0.3, 0.4) is 0 Å². The highest BCUT2D eigenvalue weighted by molar-refractivity contribution is 6.04. The molecule has 132 valence electrons. The van der Waals surface area contributed by atoms with Crippen LogP contribution in [0.15, 0.2) is 61.2 Å². The molecule has 2 N–H and O–H groups in total. The summed E-state index contributed by atoms with van der Waals surface area (Å²) in [4.78, 5) is 24.7. The summed E-state index contributed by atoms with van der Waals surface area (Å²) in [5, 5.41) is 5.92. The van der Waals surface area contributed by atoms with Crippen molar-refractivity contribution < 1.29 is 9.53 Å². The molecule has 1 amide bonds. The van der Waals surface area contributed by atoms with Crippen LogP contribution in [-0.2, 0) is 6.54 Å². The number of para-hydroxylation sites is 2. The first-order chi connectivity index (χ1) is 12.8. The maximum absolute atomic E-state index is 12.4. The van der Waals surface area contributed by atoms with E-state index in [-0.39, 0.29) is 5.91 Å². The van der Waals surface area contributed by atoms with Gasteiger partial charge in [-0.2, -0.15) is 0 Å². The van der Waals surface area contributed by atoms with Crippen molar-refractivity contribution in [3.8, 4) is 5.75 Å². The Morgan fingerprint density at radius 3 is 2.54 bits per heavy atom. The molecule has 2 heterocycles. The molecule has 2 aromatic heterocycles. The van der Waals surface area contributed by atoms with E-state index in [0.29, 0.717) is 36.1 Å². The molecule has 0 spiro atoms. The number of rotatable bonds is 7. The lowest BCUT2D eigenvalue weighted by atomic mass is 10.2. The molecule has 7 nitrogen and oxygen atoms in total. The third-order valence-electron chi connectivity index (χ3n) is 3.55. The monoisotopic (exact) mass is 349 g/mol. The Kier molecular flexibility index (Phi) is 5.72. The van der Waals surface area contributed by atoms with Crippen molar-refractivity contribution >= 4 is 17.5 Å². The second-order valence-corrected chi connectivity index (χ2v) is 5.39. The number of carbonyl (C=O) groups excluding carboxylic acids is 1. The van der Waals surface area contributed by atoms with Crippen LogP contribution in [0.25, 0.3) is 0 Å². The van der Waals surface area contributed by atoms with Gasteiger partial charge in [-0.15, -0.1) is 0 Å². The lowest BCUT2D eigenvalue weighted by molar-refractivity contribution is 0.102. The maximum Gasteiger partial charge on any atom is 0.258 e. The van der Waals surface area contributed by atoms with E-state index >= 15 is 0 Å². The van der Waals surface area contributed by atoms with Crippen molar-refractivity contribution in [2.24, 2.45) is 0 Å². The van der Waals surface area contributed by atoms with Gasteiger partial charge in [-0.25, -0.2) is 9.97 Å². The topological polar surface area (TPSA) is 89.0 Å². The number of pyridine rings is 1. The van der Waals surface area contributed by atoms with Gasteiger partial charge in [0.05, 0.1) is 17.9 Å². The Bertz CT molecular complexity index is 853. The van der Waals surface area contributed by atoms with E-state index in [1.54, 1.807) is 18.5 Å². The Balaban J connectivity index is 1.62. The zero-order chi connectivity index (χ0) is 18.2. The van der Waals surface area contributed by atoms with Crippen LogP contribution in [-0.4, -0.2) is 27.5 Å². The Labute approximate surface area is 151 Å². The molecule has 3 rings (SSSR count). The minimum absolute atomic E-state index is 0.294. The molecule has 0 aliphatic heterocycles. The van der Waals surface area contributed by atoms with Crippen LogP contribution >= 0.6 is 0 Å². The van der Waals surface area contributed by atoms with Crippen molar-refractivity contribution in [2.75, 3.05) is 17.2 Å². The zero-order valence-electron chi connectivity index (χ0n) is 14.3. The van der Waals surface area contributed by atoms with Crippen LogP contribution in [0, 0.1) is 0 Å². The van der Waals surface area contributed by atoms with Gasteiger partial charge in [0.25, 0.3) is 5.91 Å². The molecule has 26 heavy (non-hydrogen) atoms. The molecule has 3 aromatic rings. The van der Waals surface area contributed by atoms with Crippen LogP contribution in [0.4, 0.5) is 11.6 Å². The summed E-state index contributed by atoms with van der Waals surface area (Å²) in [6.45, 7) is 2.99. The molecule has 0 aliphatic rings. The number of ether oxygens (including phenoxy) is 1. The van der Waals surface area contributed by atoms with Gasteiger partial charge in [0.1, 0.15) is 5.75 Å². The van der Waals surface area contributed by atoms with Gasteiger partial charge in [-0.1, -0.05) is 12.1 Å². The molecule has 0 saturated carbocycles. The number of amides is 1. The molecule has 0 radical (unpaired) electrons. The van der Waals surface area contributed by atoms with Crippen molar-refractivity contribution in [1.82, 2.24) is 15.0 Å². The average Bonchev–Trinajstić information content (AvgIpc) is 2.69. The second kappa shape index (κ2) is 8.57. The fourth-order valence-electron chi connectivity index (χ4n) is 2.26. The highest BCUT2D eigenvalue weighted by Gasteiger charge is 2.10. The van der Waals surface area contributed by atoms with Gasteiger partial charge in [-0.05, 0) is 36.8 Å². The third-order valence-corrected chi connectivity index (χ3v) is 3.55. The smallest absolute Gasteiger partial charge is 0.258 e. The summed E-state index contributed by atoms with van der Waals surface area (Å²) < 4.78 is 5.51. The summed E-state index contributed by atoms with van der Waals surface area (Å²) in [5.74, 6) is 0.783. The van der Waals surface area contributed by atoms with Crippen molar-refractivity contribution in [1.29, 1.82) is 0 Å². The SMILES string of the molecule is CCOc1ccccc1NC(=O)c1cnc(NCc2ccncc2)nc1. The van der Waals surface area contributed by atoms with Crippen LogP contribution < -0.4 is 15.4 Å². The second-order valence-electron chi connectivity index (χ2n) is 5.39. The van der Waals surface area contributed by atoms with Crippen LogP contribution in [0.1, 0.15) is 22.8 Å². The van der Waals surface area contributed by atoms with Crippen molar-refractivity contribution in [3.63, 3.8) is 0 Å². The van der Waals surface area contributed by atoms with Gasteiger partial charge in [0.15, 0.2) is 0 Å². The molecule has 0 unspecified atom stereocenters. The van der Waals surface area contributed by atoms with E-state index in [4.69, 9.17) is 4.74 Å². The fourth-order valence-corrected chi connectivity index (χ4v) is 2.26. The standard InChI is InChI=1S/C19H19N5O2/c1-2-26-17-6-4-3-5-16(17)24-18(25)15-12-22-19(23-13-15)21-11-14-7-9-20-10-8-14/h3-10,12-13H,2,11H2,1H3,(H,24,25)(H,21,22,23). The molecule has 0 aliphatic carbocycles. The number of anilines is 2. The number of hydrogen-bond acceptors (Lipinski definition) is 6. The highest BCUT2D eigenvalue weighted by atomic mass is 16.5. The van der Waals surface area contributed by atoms with Gasteiger partial charge in [0, 0.05) is 31.3 Å². The molecule has 7 heteroatoms. The Morgan fingerprint density at radius 1 is 1.08 bits per heavy atom. The molecule has 1 aromatic carbocycles. The lowest BCUT2D eigenvalue weighted by Crippen LogP contribution is -2.14. The van der Waals surface area contributed by atoms with Gasteiger partial charge < -0.3 is 15.4 Å². The van der Waals surface area contributed by atoms with Gasteiger partial charge in [-0.3, -0.25) is 9.78 Å². The molecule has 0 bridgehead atoms. The van der Waals surface area contributed by atoms with E-state index in [1.807, 2.05) is 37.3 Å². The number of carbonyl (C=O) groups is 1. The summed E-state index contributed by atoms with van der Waals surface area (Å²) in [6.07, 6.45) is 6.43. The fraction of sp³-hybridized carbons (Fsp3) is 0.158.